The number of thioether (sulfide) groups is 1. The number of nitrogens with two attached hydrogens (primary N) is 1. The first-order valence-electron chi connectivity index (χ1n) is 5.88. The Morgan fingerprint density at radius 1 is 1.38 bits per heavy atom. The summed E-state index contributed by atoms with van der Waals surface area (Å²) in [6, 6.07) is 8.75. The van der Waals surface area contributed by atoms with Gasteiger partial charge >= 0.3 is 0 Å². The van der Waals surface area contributed by atoms with Gasteiger partial charge in [0.05, 0.1) is 0 Å². The van der Waals surface area contributed by atoms with E-state index in [0.29, 0.717) is 12.6 Å². The van der Waals surface area contributed by atoms with Crippen molar-refractivity contribution < 1.29 is 0 Å². The normalized spacial score (nSPS) is 12.4. The lowest BCUT2D eigenvalue weighted by molar-refractivity contribution is 0.709. The molecule has 1 unspecified atom stereocenters. The molecule has 1 aromatic carbocycles. The van der Waals surface area contributed by atoms with E-state index in [9.17, 15) is 0 Å². The molecule has 1 aromatic rings. The molecule has 0 fully saturated rings. The Morgan fingerprint density at radius 2 is 2.12 bits per heavy atom. The van der Waals surface area contributed by atoms with Gasteiger partial charge in [-0.2, -0.15) is 11.8 Å². The first-order valence-corrected chi connectivity index (χ1v) is 7.03. The average molecular weight is 238 g/mol. The van der Waals surface area contributed by atoms with Gasteiger partial charge in [-0.3, -0.25) is 0 Å². The van der Waals surface area contributed by atoms with Crippen molar-refractivity contribution in [2.24, 2.45) is 5.73 Å². The molecule has 0 aliphatic rings. The van der Waals surface area contributed by atoms with E-state index in [0.717, 1.165) is 6.42 Å². The van der Waals surface area contributed by atoms with Crippen LogP contribution in [0.1, 0.15) is 18.9 Å². The van der Waals surface area contributed by atoms with Gasteiger partial charge in [-0.15, -0.1) is 0 Å². The lowest BCUT2D eigenvalue weighted by Gasteiger charge is -2.19. The molecule has 0 aliphatic carbocycles. The van der Waals surface area contributed by atoms with Crippen LogP contribution in [0.15, 0.2) is 24.3 Å². The Morgan fingerprint density at radius 3 is 2.75 bits per heavy atom. The molecule has 3 heteroatoms. The first-order chi connectivity index (χ1) is 7.77. The molecule has 0 spiro atoms. The third-order valence-electron chi connectivity index (χ3n) is 2.60. The van der Waals surface area contributed by atoms with Gasteiger partial charge in [-0.25, -0.2) is 0 Å². The molecule has 0 amide bonds. The third kappa shape index (κ3) is 4.45. The highest BCUT2D eigenvalue weighted by molar-refractivity contribution is 7.99. The highest BCUT2D eigenvalue weighted by Crippen LogP contribution is 2.16. The van der Waals surface area contributed by atoms with E-state index in [4.69, 9.17) is 5.73 Å². The van der Waals surface area contributed by atoms with Gasteiger partial charge in [0.2, 0.25) is 0 Å². The number of para-hydroxylation sites is 1. The molecule has 90 valence electrons. The summed E-state index contributed by atoms with van der Waals surface area (Å²) in [5.41, 5.74) is 8.27. The van der Waals surface area contributed by atoms with Crippen LogP contribution in [0.3, 0.4) is 0 Å². The summed E-state index contributed by atoms with van der Waals surface area (Å²) in [6.45, 7) is 5.01. The first kappa shape index (κ1) is 13.4. The molecule has 0 radical (unpaired) electrons. The van der Waals surface area contributed by atoms with Crippen molar-refractivity contribution >= 4 is 17.4 Å². The molecular formula is C13H22N2S. The van der Waals surface area contributed by atoms with Crippen LogP contribution in [0.5, 0.6) is 0 Å². The van der Waals surface area contributed by atoms with E-state index >= 15 is 0 Å². The minimum atomic E-state index is 0.389. The van der Waals surface area contributed by atoms with Crippen molar-refractivity contribution in [1.29, 1.82) is 0 Å². The lowest BCUT2D eigenvalue weighted by Crippen LogP contribution is -2.29. The Bertz CT molecular complexity index is 302. The molecule has 0 aliphatic heterocycles. The van der Waals surface area contributed by atoms with Crippen molar-refractivity contribution in [3.05, 3.63) is 29.8 Å². The molecule has 2 nitrogen and oxygen atoms in total. The topological polar surface area (TPSA) is 38.0 Å². The van der Waals surface area contributed by atoms with Crippen LogP contribution < -0.4 is 11.1 Å². The summed E-state index contributed by atoms with van der Waals surface area (Å²) in [5.74, 6) is 2.36. The molecule has 0 bridgehead atoms. The van der Waals surface area contributed by atoms with Crippen LogP contribution in [0.2, 0.25) is 0 Å². The maximum atomic E-state index is 5.78. The maximum Gasteiger partial charge on any atom is 0.0391 e. The van der Waals surface area contributed by atoms with Crippen LogP contribution in [-0.2, 0) is 0 Å². The van der Waals surface area contributed by atoms with Crippen molar-refractivity contribution in [2.45, 2.75) is 26.3 Å². The Balaban J connectivity index is 2.46. The molecule has 3 N–H and O–H groups in total. The number of hydrogen-bond donors (Lipinski definition) is 2. The molecule has 0 aromatic heterocycles. The van der Waals surface area contributed by atoms with Gasteiger partial charge in [0.1, 0.15) is 0 Å². The van der Waals surface area contributed by atoms with Crippen LogP contribution >= 0.6 is 11.8 Å². The predicted octanol–water partition coefficient (Wildman–Crippen LogP) is 2.88. The van der Waals surface area contributed by atoms with Crippen molar-refractivity contribution in [2.75, 3.05) is 23.4 Å². The van der Waals surface area contributed by atoms with E-state index in [-0.39, 0.29) is 0 Å². The zero-order chi connectivity index (χ0) is 11.8. The van der Waals surface area contributed by atoms with Gasteiger partial charge < -0.3 is 11.1 Å². The summed E-state index contributed by atoms with van der Waals surface area (Å²) in [4.78, 5) is 0. The SMILES string of the molecule is CCSCCC(CN)Nc1ccccc1C. The lowest BCUT2D eigenvalue weighted by atomic mass is 10.1. The fraction of sp³-hybridized carbons (Fsp3) is 0.538. The predicted molar refractivity (Wildman–Crippen MR) is 75.3 cm³/mol. The van der Waals surface area contributed by atoms with E-state index in [1.54, 1.807) is 0 Å². The van der Waals surface area contributed by atoms with Crippen molar-refractivity contribution in [3.8, 4) is 0 Å². The summed E-state index contributed by atoms with van der Waals surface area (Å²) in [6.07, 6.45) is 1.13. The van der Waals surface area contributed by atoms with Gasteiger partial charge in [-0.05, 0) is 36.5 Å². The van der Waals surface area contributed by atoms with E-state index in [2.05, 4.69) is 43.4 Å². The third-order valence-corrected chi connectivity index (χ3v) is 3.54. The quantitative estimate of drug-likeness (QED) is 0.717. The number of anilines is 1. The summed E-state index contributed by atoms with van der Waals surface area (Å²) >= 11 is 1.97. The van der Waals surface area contributed by atoms with Gasteiger partial charge in [0.15, 0.2) is 0 Å². The maximum absolute atomic E-state index is 5.78. The highest BCUT2D eigenvalue weighted by atomic mass is 32.2. The van der Waals surface area contributed by atoms with Gasteiger partial charge in [-0.1, -0.05) is 25.1 Å². The van der Waals surface area contributed by atoms with E-state index in [1.807, 2.05) is 11.8 Å². The molecule has 16 heavy (non-hydrogen) atoms. The average Bonchev–Trinajstić information content (AvgIpc) is 2.30. The second-order valence-electron chi connectivity index (χ2n) is 3.88. The van der Waals surface area contributed by atoms with Crippen molar-refractivity contribution in [3.63, 3.8) is 0 Å². The minimum absolute atomic E-state index is 0.389. The van der Waals surface area contributed by atoms with Crippen LogP contribution in [0.4, 0.5) is 5.69 Å². The standard InChI is InChI=1S/C13H22N2S/c1-3-16-9-8-12(10-14)15-13-7-5-4-6-11(13)2/h4-7,12,15H,3,8-10,14H2,1-2H3. The molecule has 1 rings (SSSR count). The zero-order valence-electron chi connectivity index (χ0n) is 10.2. The molecule has 0 heterocycles. The second-order valence-corrected chi connectivity index (χ2v) is 5.27. The van der Waals surface area contributed by atoms with E-state index < -0.39 is 0 Å². The molecule has 0 saturated heterocycles. The fourth-order valence-corrected chi connectivity index (χ4v) is 2.31. The Labute approximate surface area is 103 Å². The Hall–Kier alpha value is -0.670. The summed E-state index contributed by atoms with van der Waals surface area (Å²) in [5, 5.41) is 3.52. The fourth-order valence-electron chi connectivity index (χ4n) is 1.57. The number of benzene rings is 1. The summed E-state index contributed by atoms with van der Waals surface area (Å²) in [7, 11) is 0. The van der Waals surface area contributed by atoms with E-state index in [1.165, 1.54) is 22.8 Å². The monoisotopic (exact) mass is 238 g/mol. The molecule has 1 atom stereocenters. The smallest absolute Gasteiger partial charge is 0.0391 e. The number of rotatable bonds is 7. The minimum Gasteiger partial charge on any atom is -0.381 e. The zero-order valence-corrected chi connectivity index (χ0v) is 11.0. The molecular weight excluding hydrogens is 216 g/mol. The highest BCUT2D eigenvalue weighted by Gasteiger charge is 2.06. The summed E-state index contributed by atoms with van der Waals surface area (Å²) < 4.78 is 0. The van der Waals surface area contributed by atoms with Crippen LogP contribution in [0.25, 0.3) is 0 Å². The van der Waals surface area contributed by atoms with Crippen LogP contribution in [-0.4, -0.2) is 24.1 Å². The number of hydrogen-bond acceptors (Lipinski definition) is 3. The van der Waals surface area contributed by atoms with Gasteiger partial charge in [0, 0.05) is 18.3 Å². The largest absolute Gasteiger partial charge is 0.381 e. The number of nitrogens with one attached hydrogen (secondary N) is 1. The van der Waals surface area contributed by atoms with Crippen molar-refractivity contribution in [1.82, 2.24) is 0 Å². The number of aryl methyl sites for hydroxylation is 1. The van der Waals surface area contributed by atoms with Crippen LogP contribution in [0, 0.1) is 6.92 Å². The Kier molecular flexibility index (Phi) is 6.34. The second kappa shape index (κ2) is 7.58. The van der Waals surface area contributed by atoms with Gasteiger partial charge in [0.25, 0.3) is 0 Å². The molecule has 0 saturated carbocycles.